The van der Waals surface area contributed by atoms with Gasteiger partial charge in [0.15, 0.2) is 13.4 Å². The first kappa shape index (κ1) is 24.5. The third-order valence-electron chi connectivity index (χ3n) is 4.82. The molecular weight excluding hydrogens is 470 g/mol. The molecule has 0 saturated carbocycles. The van der Waals surface area contributed by atoms with Gasteiger partial charge in [-0.25, -0.2) is 0 Å². The van der Waals surface area contributed by atoms with Crippen LogP contribution in [0.2, 0.25) is 19.6 Å². The van der Waals surface area contributed by atoms with Crippen molar-refractivity contribution in [1.82, 2.24) is 5.32 Å². The first-order chi connectivity index (χ1) is 14.6. The highest BCUT2D eigenvalue weighted by molar-refractivity contribution is 7.80. The van der Waals surface area contributed by atoms with Crippen molar-refractivity contribution < 1.29 is 30.8 Å². The Morgan fingerprint density at radius 2 is 1.53 bits per heavy atom. The fraction of sp³-hybridized carbons (Fsp3) is 0.381. The Morgan fingerprint density at radius 1 is 0.969 bits per heavy atom. The molecule has 2 N–H and O–H groups in total. The number of anilines is 1. The van der Waals surface area contributed by atoms with Gasteiger partial charge in [-0.2, -0.15) is 26.3 Å². The molecule has 0 unspecified atom stereocenters. The first-order valence-electron chi connectivity index (χ1n) is 9.76. The number of hydrogen-bond acceptors (Lipinski definition) is 2. The van der Waals surface area contributed by atoms with Crippen LogP contribution in [0.5, 0.6) is 0 Å². The highest BCUT2D eigenvalue weighted by Gasteiger charge is 2.38. The van der Waals surface area contributed by atoms with E-state index in [1.165, 1.54) is 0 Å². The Hall–Kier alpha value is -2.11. The average Bonchev–Trinajstić information content (AvgIpc) is 2.95. The molecule has 0 amide bonds. The summed E-state index contributed by atoms with van der Waals surface area (Å²) in [5.41, 5.74) is -1.25. The van der Waals surface area contributed by atoms with Crippen LogP contribution in [0.1, 0.15) is 28.3 Å². The summed E-state index contributed by atoms with van der Waals surface area (Å²) in [6, 6.07) is 8.49. The average molecular weight is 493 g/mol. The van der Waals surface area contributed by atoms with Gasteiger partial charge in [0.25, 0.3) is 0 Å². The van der Waals surface area contributed by atoms with E-state index in [0.29, 0.717) is 18.6 Å². The smallest absolute Gasteiger partial charge is 0.412 e. The Kier molecular flexibility index (Phi) is 6.65. The van der Waals surface area contributed by atoms with Crippen molar-refractivity contribution in [1.29, 1.82) is 0 Å². The molecule has 3 nitrogen and oxygen atoms in total. The summed E-state index contributed by atoms with van der Waals surface area (Å²) in [7, 11) is -1.94. The Bertz CT molecular complexity index is 971. The summed E-state index contributed by atoms with van der Waals surface area (Å²) in [5, 5.41) is 5.42. The highest BCUT2D eigenvalue weighted by Crippen LogP contribution is 2.38. The number of rotatable bonds is 4. The molecule has 0 fully saturated rings. The third kappa shape index (κ3) is 6.02. The Labute approximate surface area is 188 Å². The van der Waals surface area contributed by atoms with E-state index in [1.54, 1.807) is 0 Å². The zero-order valence-electron chi connectivity index (χ0n) is 17.5. The van der Waals surface area contributed by atoms with Crippen molar-refractivity contribution in [3.8, 4) is 0 Å². The van der Waals surface area contributed by atoms with Crippen LogP contribution in [-0.4, -0.2) is 19.5 Å². The lowest BCUT2D eigenvalue weighted by molar-refractivity contribution is -0.143. The molecule has 2 aromatic carbocycles. The minimum atomic E-state index is -4.94. The van der Waals surface area contributed by atoms with Crippen LogP contribution >= 0.6 is 12.2 Å². The first-order valence-corrected chi connectivity index (χ1v) is 13.6. The van der Waals surface area contributed by atoms with E-state index < -0.39 is 37.5 Å². The molecule has 0 spiro atoms. The Morgan fingerprint density at radius 3 is 2.06 bits per heavy atom. The zero-order chi connectivity index (χ0) is 23.9. The fourth-order valence-corrected chi connectivity index (χ4v) is 5.00. The van der Waals surface area contributed by atoms with Crippen molar-refractivity contribution in [3.05, 3.63) is 64.7 Å². The fourth-order valence-electron chi connectivity index (χ4n) is 3.63. The molecule has 174 valence electrons. The number of fused-ring (bicyclic) bond motifs is 1. The summed E-state index contributed by atoms with van der Waals surface area (Å²) >= 11 is 5.24. The van der Waals surface area contributed by atoms with Crippen LogP contribution in [0.3, 0.4) is 0 Å². The van der Waals surface area contributed by atoms with Crippen LogP contribution in [0, 0.1) is 0 Å². The minimum absolute atomic E-state index is 0.0761. The van der Waals surface area contributed by atoms with E-state index in [0.717, 1.165) is 11.1 Å². The molecule has 0 radical (unpaired) electrons. The van der Waals surface area contributed by atoms with Crippen LogP contribution in [0.15, 0.2) is 42.5 Å². The van der Waals surface area contributed by atoms with Crippen LogP contribution in [0.4, 0.5) is 32.0 Å². The van der Waals surface area contributed by atoms with E-state index >= 15 is 0 Å². The van der Waals surface area contributed by atoms with Gasteiger partial charge in [0, 0.05) is 12.1 Å². The summed E-state index contributed by atoms with van der Waals surface area (Å²) in [6.45, 7) is 6.10. The number of alkyl halides is 6. The van der Waals surface area contributed by atoms with Gasteiger partial charge < -0.3 is 15.1 Å². The molecule has 1 aliphatic carbocycles. The second kappa shape index (κ2) is 8.68. The molecule has 2 aromatic rings. The molecule has 3 rings (SSSR count). The van der Waals surface area contributed by atoms with Gasteiger partial charge >= 0.3 is 12.4 Å². The second-order valence-corrected chi connectivity index (χ2v) is 13.4. The van der Waals surface area contributed by atoms with E-state index in [4.69, 9.17) is 16.6 Å². The van der Waals surface area contributed by atoms with E-state index in [-0.39, 0.29) is 23.3 Å². The molecular formula is C21H22F6N2OSSi. The third-order valence-corrected chi connectivity index (χ3v) is 6.05. The van der Waals surface area contributed by atoms with Gasteiger partial charge in [0.05, 0.1) is 23.3 Å². The maximum atomic E-state index is 13.1. The monoisotopic (exact) mass is 492 g/mol. The van der Waals surface area contributed by atoms with Gasteiger partial charge in [-0.15, -0.1) is 0 Å². The highest BCUT2D eigenvalue weighted by atomic mass is 32.1. The Balaban J connectivity index is 1.85. The summed E-state index contributed by atoms with van der Waals surface area (Å²) in [6.07, 6.45) is -9.50. The number of nitrogens with one attached hydrogen (secondary N) is 2. The van der Waals surface area contributed by atoms with Crippen molar-refractivity contribution in [2.24, 2.45) is 0 Å². The van der Waals surface area contributed by atoms with E-state index in [9.17, 15) is 26.3 Å². The molecule has 0 aromatic heterocycles. The number of halogens is 6. The quantitative estimate of drug-likeness (QED) is 0.289. The van der Waals surface area contributed by atoms with Crippen molar-refractivity contribution >= 4 is 31.3 Å². The van der Waals surface area contributed by atoms with Gasteiger partial charge in [-0.1, -0.05) is 24.3 Å². The SMILES string of the molecule is C[Si](C)(C)O[C@H]1Cc2ccccc2[C@H]1NC(=S)Nc1cc(C(F)(F)F)cc(C(F)(F)F)c1. The second-order valence-electron chi connectivity index (χ2n) is 8.54. The van der Waals surface area contributed by atoms with Crippen molar-refractivity contribution in [3.63, 3.8) is 0 Å². The number of hydrogen-bond donors (Lipinski definition) is 2. The van der Waals surface area contributed by atoms with E-state index in [2.05, 4.69) is 10.6 Å². The minimum Gasteiger partial charge on any atom is -0.412 e. The molecule has 1 aliphatic rings. The molecule has 0 heterocycles. The van der Waals surface area contributed by atoms with Crippen LogP contribution < -0.4 is 10.6 Å². The predicted molar refractivity (Wildman–Crippen MR) is 117 cm³/mol. The maximum Gasteiger partial charge on any atom is 0.416 e. The summed E-state index contributed by atoms with van der Waals surface area (Å²) in [4.78, 5) is 0. The van der Waals surface area contributed by atoms with Gasteiger partial charge in [-0.05, 0) is 61.2 Å². The zero-order valence-corrected chi connectivity index (χ0v) is 19.3. The van der Waals surface area contributed by atoms with Gasteiger partial charge in [-0.3, -0.25) is 0 Å². The number of benzene rings is 2. The lowest BCUT2D eigenvalue weighted by atomic mass is 10.1. The summed E-state index contributed by atoms with van der Waals surface area (Å²) < 4.78 is 85.0. The maximum absolute atomic E-state index is 13.1. The molecule has 32 heavy (non-hydrogen) atoms. The normalized spacial score (nSPS) is 18.9. The van der Waals surface area contributed by atoms with Crippen molar-refractivity contribution in [2.75, 3.05) is 5.32 Å². The number of thiocarbonyl (C=S) groups is 1. The van der Waals surface area contributed by atoms with Crippen LogP contribution in [0.25, 0.3) is 0 Å². The lowest BCUT2D eigenvalue weighted by Gasteiger charge is -2.29. The van der Waals surface area contributed by atoms with Gasteiger partial charge in [0.2, 0.25) is 0 Å². The molecule has 11 heteroatoms. The molecule has 0 saturated heterocycles. The predicted octanol–water partition coefficient (Wildman–Crippen LogP) is 6.53. The topological polar surface area (TPSA) is 33.3 Å². The summed E-state index contributed by atoms with van der Waals surface area (Å²) in [5.74, 6) is 0. The molecule has 0 aliphatic heterocycles. The largest absolute Gasteiger partial charge is 0.416 e. The standard InChI is InChI=1S/C21H22F6N2OSSi/c1-32(2,3)30-17-8-12-6-4-5-7-16(12)18(17)29-19(31)28-15-10-13(20(22,23)24)9-14(11-15)21(25,26)27/h4-7,9-11,17-18H,8H2,1-3H3,(H2,28,29,31)/t17-,18+/m0/s1. The van der Waals surface area contributed by atoms with Crippen LogP contribution in [-0.2, 0) is 23.2 Å². The van der Waals surface area contributed by atoms with Gasteiger partial charge in [0.1, 0.15) is 0 Å². The van der Waals surface area contributed by atoms with E-state index in [1.807, 2.05) is 43.9 Å². The lowest BCUT2D eigenvalue weighted by Crippen LogP contribution is -2.42. The molecule has 0 bridgehead atoms. The van der Waals surface area contributed by atoms with Crippen molar-refractivity contribution in [2.45, 2.75) is 50.6 Å². The molecule has 2 atom stereocenters.